The lowest BCUT2D eigenvalue weighted by Gasteiger charge is -2.26. The minimum Gasteiger partial charge on any atom is -0.486 e. The molecule has 3 nitrogen and oxygen atoms in total. The predicted octanol–water partition coefficient (Wildman–Crippen LogP) is 5.46. The zero-order valence-electron chi connectivity index (χ0n) is 16.0. The molecule has 1 saturated heterocycles. The third-order valence-electron chi connectivity index (χ3n) is 5.76. The van der Waals surface area contributed by atoms with Gasteiger partial charge in [-0.05, 0) is 53.8 Å². The van der Waals surface area contributed by atoms with Crippen LogP contribution in [0.4, 0.5) is 0 Å². The van der Waals surface area contributed by atoms with Crippen LogP contribution in [0.15, 0.2) is 72.8 Å². The van der Waals surface area contributed by atoms with Crippen LogP contribution in [0.25, 0.3) is 11.1 Å². The van der Waals surface area contributed by atoms with Crippen molar-refractivity contribution in [2.75, 3.05) is 19.8 Å². The molecule has 1 unspecified atom stereocenters. The predicted molar refractivity (Wildman–Crippen MR) is 112 cm³/mol. The van der Waals surface area contributed by atoms with Gasteiger partial charge >= 0.3 is 0 Å². The van der Waals surface area contributed by atoms with E-state index in [1.165, 1.54) is 35.1 Å². The average molecular weight is 371 g/mol. The van der Waals surface area contributed by atoms with Crippen LogP contribution in [0.5, 0.6) is 11.5 Å². The summed E-state index contributed by atoms with van der Waals surface area (Å²) in [5.74, 6) is 1.76. The Morgan fingerprint density at radius 1 is 0.786 bits per heavy atom. The lowest BCUT2D eigenvalue weighted by molar-refractivity contribution is 0.170. The highest BCUT2D eigenvalue weighted by molar-refractivity contribution is 5.63. The van der Waals surface area contributed by atoms with E-state index in [2.05, 4.69) is 77.7 Å². The summed E-state index contributed by atoms with van der Waals surface area (Å²) >= 11 is 0. The zero-order valence-corrected chi connectivity index (χ0v) is 16.0. The Hall–Kier alpha value is -2.78. The second-order valence-corrected chi connectivity index (χ2v) is 7.59. The van der Waals surface area contributed by atoms with Crippen molar-refractivity contribution in [2.45, 2.75) is 25.4 Å². The summed E-state index contributed by atoms with van der Waals surface area (Å²) in [6.07, 6.45) is 2.43. The summed E-state index contributed by atoms with van der Waals surface area (Å²) in [7, 11) is 0. The average Bonchev–Trinajstić information content (AvgIpc) is 3.23. The van der Waals surface area contributed by atoms with Crippen molar-refractivity contribution in [3.63, 3.8) is 0 Å². The van der Waals surface area contributed by atoms with Gasteiger partial charge in [-0.25, -0.2) is 0 Å². The van der Waals surface area contributed by atoms with E-state index in [-0.39, 0.29) is 0 Å². The molecule has 3 heteroatoms. The molecular formula is C25H25NO2. The van der Waals surface area contributed by atoms with Crippen molar-refractivity contribution < 1.29 is 9.47 Å². The topological polar surface area (TPSA) is 21.7 Å². The number of hydrogen-bond acceptors (Lipinski definition) is 3. The maximum atomic E-state index is 5.79. The van der Waals surface area contributed by atoms with E-state index >= 15 is 0 Å². The Morgan fingerprint density at radius 2 is 1.54 bits per heavy atom. The van der Waals surface area contributed by atoms with Crippen LogP contribution >= 0.6 is 0 Å². The number of nitrogens with zero attached hydrogens (tertiary/aromatic N) is 1. The second kappa shape index (κ2) is 7.69. The van der Waals surface area contributed by atoms with Crippen molar-refractivity contribution >= 4 is 0 Å². The zero-order chi connectivity index (χ0) is 18.8. The summed E-state index contributed by atoms with van der Waals surface area (Å²) in [5, 5.41) is 0. The first kappa shape index (κ1) is 17.3. The minimum absolute atomic E-state index is 0.449. The molecule has 142 valence electrons. The van der Waals surface area contributed by atoms with Crippen LogP contribution in [-0.2, 0) is 6.54 Å². The van der Waals surface area contributed by atoms with Gasteiger partial charge in [0, 0.05) is 12.6 Å². The molecule has 1 atom stereocenters. The fourth-order valence-corrected chi connectivity index (χ4v) is 4.33. The van der Waals surface area contributed by atoms with E-state index in [0.29, 0.717) is 19.3 Å². The highest BCUT2D eigenvalue weighted by Gasteiger charge is 2.27. The van der Waals surface area contributed by atoms with E-state index in [1.807, 2.05) is 0 Å². The molecule has 2 aliphatic heterocycles. The summed E-state index contributed by atoms with van der Waals surface area (Å²) in [4.78, 5) is 2.59. The number of hydrogen-bond donors (Lipinski definition) is 0. The Morgan fingerprint density at radius 3 is 2.36 bits per heavy atom. The number of ether oxygens (including phenoxy) is 2. The van der Waals surface area contributed by atoms with E-state index in [4.69, 9.17) is 9.47 Å². The summed E-state index contributed by atoms with van der Waals surface area (Å²) in [6, 6.07) is 26.5. The fraction of sp³-hybridized carbons (Fsp3) is 0.280. The molecule has 0 aromatic heterocycles. The van der Waals surface area contributed by atoms with Crippen molar-refractivity contribution in [3.8, 4) is 22.6 Å². The molecule has 3 aromatic carbocycles. The molecule has 0 bridgehead atoms. The van der Waals surface area contributed by atoms with Gasteiger partial charge < -0.3 is 9.47 Å². The lowest BCUT2D eigenvalue weighted by atomic mass is 10.0. The van der Waals surface area contributed by atoms with Crippen LogP contribution < -0.4 is 9.47 Å². The first-order valence-electron chi connectivity index (χ1n) is 10.1. The number of likely N-dealkylation sites (tertiary alicyclic amines) is 1. The van der Waals surface area contributed by atoms with E-state index < -0.39 is 0 Å². The summed E-state index contributed by atoms with van der Waals surface area (Å²) in [6.45, 7) is 3.40. The first-order chi connectivity index (χ1) is 13.9. The lowest BCUT2D eigenvalue weighted by Crippen LogP contribution is -2.23. The Kier molecular flexibility index (Phi) is 4.76. The molecule has 0 aliphatic carbocycles. The molecule has 0 radical (unpaired) electrons. The van der Waals surface area contributed by atoms with Crippen molar-refractivity contribution in [3.05, 3.63) is 83.9 Å². The van der Waals surface area contributed by atoms with Crippen LogP contribution in [0, 0.1) is 0 Å². The van der Waals surface area contributed by atoms with Gasteiger partial charge in [0.15, 0.2) is 11.5 Å². The van der Waals surface area contributed by atoms with Gasteiger partial charge in [0.2, 0.25) is 0 Å². The molecule has 5 rings (SSSR count). The van der Waals surface area contributed by atoms with Gasteiger partial charge in [0.1, 0.15) is 13.2 Å². The summed E-state index contributed by atoms with van der Waals surface area (Å²) < 4.78 is 11.5. The largest absolute Gasteiger partial charge is 0.486 e. The van der Waals surface area contributed by atoms with Crippen molar-refractivity contribution in [1.82, 2.24) is 4.90 Å². The first-order valence-corrected chi connectivity index (χ1v) is 10.1. The van der Waals surface area contributed by atoms with Gasteiger partial charge in [0.05, 0.1) is 0 Å². The summed E-state index contributed by atoms with van der Waals surface area (Å²) in [5.41, 5.74) is 5.24. The van der Waals surface area contributed by atoms with Gasteiger partial charge in [0.25, 0.3) is 0 Å². The fourth-order valence-electron chi connectivity index (χ4n) is 4.33. The third kappa shape index (κ3) is 3.50. The molecule has 28 heavy (non-hydrogen) atoms. The number of benzene rings is 3. The molecule has 0 saturated carbocycles. The highest BCUT2D eigenvalue weighted by Crippen LogP contribution is 2.38. The monoisotopic (exact) mass is 371 g/mol. The molecule has 0 N–H and O–H groups in total. The quantitative estimate of drug-likeness (QED) is 0.608. The Labute approximate surface area is 166 Å². The maximum Gasteiger partial charge on any atom is 0.161 e. The smallest absolute Gasteiger partial charge is 0.161 e. The second-order valence-electron chi connectivity index (χ2n) is 7.59. The molecule has 0 amide bonds. The van der Waals surface area contributed by atoms with Crippen molar-refractivity contribution in [2.24, 2.45) is 0 Å². The maximum absolute atomic E-state index is 5.79. The minimum atomic E-state index is 0.449. The van der Waals surface area contributed by atoms with E-state index in [1.54, 1.807) is 0 Å². The van der Waals surface area contributed by atoms with Gasteiger partial charge in [-0.15, -0.1) is 0 Å². The van der Waals surface area contributed by atoms with Crippen LogP contribution in [0.3, 0.4) is 0 Å². The standard InChI is InChI=1S/C25H25NO2/c1-2-5-20(6-3-1)21-10-8-19(9-11-21)18-26-14-4-7-23(26)22-12-13-24-25(17-22)28-16-15-27-24/h1-3,5-6,8-13,17,23H,4,7,14-16,18H2. The number of fused-ring (bicyclic) bond motifs is 1. The SMILES string of the molecule is c1ccc(-c2ccc(CN3CCCC3c3ccc4c(c3)OCCO4)cc2)cc1. The third-order valence-corrected chi connectivity index (χ3v) is 5.76. The van der Waals surface area contributed by atoms with Crippen molar-refractivity contribution in [1.29, 1.82) is 0 Å². The van der Waals surface area contributed by atoms with E-state index in [0.717, 1.165) is 24.6 Å². The van der Waals surface area contributed by atoms with Gasteiger partial charge in [-0.2, -0.15) is 0 Å². The molecular weight excluding hydrogens is 346 g/mol. The van der Waals surface area contributed by atoms with E-state index in [9.17, 15) is 0 Å². The molecule has 3 aromatic rings. The Bertz CT molecular complexity index is 937. The van der Waals surface area contributed by atoms with Crippen LogP contribution in [0.1, 0.15) is 30.0 Å². The number of rotatable bonds is 4. The van der Waals surface area contributed by atoms with Crippen LogP contribution in [-0.4, -0.2) is 24.7 Å². The molecule has 0 spiro atoms. The van der Waals surface area contributed by atoms with Gasteiger partial charge in [-0.1, -0.05) is 60.7 Å². The molecule has 2 heterocycles. The molecule has 2 aliphatic rings. The molecule has 1 fully saturated rings. The Balaban J connectivity index is 1.32. The van der Waals surface area contributed by atoms with Gasteiger partial charge in [-0.3, -0.25) is 4.90 Å². The normalized spacial score (nSPS) is 18.9. The van der Waals surface area contributed by atoms with Crippen LogP contribution in [0.2, 0.25) is 0 Å². The highest BCUT2D eigenvalue weighted by atomic mass is 16.6.